The first-order chi connectivity index (χ1) is 11.1. The second-order valence-corrected chi connectivity index (χ2v) is 6.65. The SMILES string of the molecule is C[C@@H]1C/C(=N\Nc2nc3ccccc3s2)c2c(O)ccc(F)c21. The number of phenolic OH excluding ortho intramolecular Hbond substituents is 1. The van der Waals surface area contributed by atoms with Crippen LogP contribution in [0, 0.1) is 5.82 Å². The van der Waals surface area contributed by atoms with Crippen LogP contribution in [0.25, 0.3) is 10.2 Å². The molecule has 116 valence electrons. The lowest BCUT2D eigenvalue weighted by Crippen LogP contribution is -2.00. The molecule has 1 aromatic heterocycles. The maximum atomic E-state index is 14.0. The quantitative estimate of drug-likeness (QED) is 0.683. The highest BCUT2D eigenvalue weighted by molar-refractivity contribution is 7.22. The van der Waals surface area contributed by atoms with Crippen LogP contribution in [-0.2, 0) is 0 Å². The Bertz CT molecular complexity index is 902. The number of aromatic nitrogens is 1. The third kappa shape index (κ3) is 2.35. The molecule has 3 aromatic rings. The summed E-state index contributed by atoms with van der Waals surface area (Å²) in [5.74, 6) is -0.237. The number of hydrazone groups is 1. The van der Waals surface area contributed by atoms with Gasteiger partial charge in [0.1, 0.15) is 11.6 Å². The Balaban J connectivity index is 1.70. The van der Waals surface area contributed by atoms with Crippen molar-refractivity contribution in [3.8, 4) is 5.75 Å². The molecule has 0 bridgehead atoms. The first-order valence-corrected chi connectivity index (χ1v) is 8.15. The van der Waals surface area contributed by atoms with Gasteiger partial charge in [0.05, 0.1) is 15.9 Å². The van der Waals surface area contributed by atoms with Crippen molar-refractivity contribution >= 4 is 32.4 Å². The molecule has 1 aliphatic carbocycles. The number of aromatic hydroxyl groups is 1. The summed E-state index contributed by atoms with van der Waals surface area (Å²) in [5, 5.41) is 15.1. The van der Waals surface area contributed by atoms with Crippen molar-refractivity contribution in [2.24, 2.45) is 5.10 Å². The van der Waals surface area contributed by atoms with Crippen molar-refractivity contribution in [1.29, 1.82) is 0 Å². The van der Waals surface area contributed by atoms with Gasteiger partial charge < -0.3 is 5.11 Å². The highest BCUT2D eigenvalue weighted by atomic mass is 32.1. The number of para-hydroxylation sites is 1. The second-order valence-electron chi connectivity index (χ2n) is 5.62. The molecule has 0 saturated heterocycles. The Morgan fingerprint density at radius 3 is 2.96 bits per heavy atom. The summed E-state index contributed by atoms with van der Waals surface area (Å²) in [7, 11) is 0. The van der Waals surface area contributed by atoms with Gasteiger partial charge in [-0.2, -0.15) is 5.10 Å². The Morgan fingerprint density at radius 2 is 2.13 bits per heavy atom. The van der Waals surface area contributed by atoms with Gasteiger partial charge in [0, 0.05) is 11.1 Å². The van der Waals surface area contributed by atoms with Gasteiger partial charge in [0.2, 0.25) is 5.13 Å². The van der Waals surface area contributed by atoms with E-state index in [1.54, 1.807) is 0 Å². The number of fused-ring (bicyclic) bond motifs is 2. The number of phenols is 1. The topological polar surface area (TPSA) is 57.5 Å². The predicted octanol–water partition coefficient (Wildman–Crippen LogP) is 4.46. The maximum Gasteiger partial charge on any atom is 0.204 e. The molecule has 1 aliphatic rings. The van der Waals surface area contributed by atoms with Crippen molar-refractivity contribution in [2.75, 3.05) is 5.43 Å². The molecular weight excluding hydrogens is 313 g/mol. The van der Waals surface area contributed by atoms with Gasteiger partial charge >= 0.3 is 0 Å². The van der Waals surface area contributed by atoms with Crippen molar-refractivity contribution in [3.05, 3.63) is 53.3 Å². The number of nitrogens with one attached hydrogen (secondary N) is 1. The third-order valence-corrected chi connectivity index (χ3v) is 4.97. The van der Waals surface area contributed by atoms with E-state index in [4.69, 9.17) is 0 Å². The molecule has 2 aromatic carbocycles. The summed E-state index contributed by atoms with van der Waals surface area (Å²) in [6.07, 6.45) is 0.585. The number of hydrogen-bond donors (Lipinski definition) is 2. The molecule has 4 nitrogen and oxygen atoms in total. The highest BCUT2D eigenvalue weighted by Crippen LogP contribution is 2.39. The molecule has 0 amide bonds. The van der Waals surface area contributed by atoms with E-state index in [1.807, 2.05) is 31.2 Å². The van der Waals surface area contributed by atoms with Crippen LogP contribution in [0.5, 0.6) is 5.75 Å². The minimum Gasteiger partial charge on any atom is -0.507 e. The number of nitrogens with zero attached hydrogens (tertiary/aromatic N) is 2. The third-order valence-electron chi connectivity index (χ3n) is 4.03. The summed E-state index contributed by atoms with van der Waals surface area (Å²) < 4.78 is 15.1. The molecule has 1 atom stereocenters. The molecule has 0 aliphatic heterocycles. The summed E-state index contributed by atoms with van der Waals surface area (Å²) in [5.41, 5.74) is 5.56. The lowest BCUT2D eigenvalue weighted by Gasteiger charge is -2.06. The van der Waals surface area contributed by atoms with E-state index < -0.39 is 0 Å². The summed E-state index contributed by atoms with van der Waals surface area (Å²) in [6, 6.07) is 10.5. The maximum absolute atomic E-state index is 14.0. The zero-order valence-corrected chi connectivity index (χ0v) is 13.2. The van der Waals surface area contributed by atoms with Crippen LogP contribution in [0.2, 0.25) is 0 Å². The van der Waals surface area contributed by atoms with Crippen LogP contribution in [0.4, 0.5) is 9.52 Å². The number of rotatable bonds is 2. The van der Waals surface area contributed by atoms with Crippen LogP contribution in [0.15, 0.2) is 41.5 Å². The summed E-state index contributed by atoms with van der Waals surface area (Å²) >= 11 is 1.50. The summed E-state index contributed by atoms with van der Waals surface area (Å²) in [4.78, 5) is 4.45. The molecule has 0 fully saturated rings. The molecule has 0 radical (unpaired) electrons. The predicted molar refractivity (Wildman–Crippen MR) is 90.9 cm³/mol. The van der Waals surface area contributed by atoms with Crippen molar-refractivity contribution < 1.29 is 9.50 Å². The van der Waals surface area contributed by atoms with Crippen molar-refractivity contribution in [3.63, 3.8) is 0 Å². The normalized spacial score (nSPS) is 18.5. The standard InChI is InChI=1S/C17H14FN3OS/c1-9-8-12(16-13(22)7-6-10(18)15(9)16)20-21-17-19-11-4-2-3-5-14(11)23-17/h2-7,9,22H,8H2,1H3,(H,19,21)/b20-12+/t9-/m1/s1. The average Bonchev–Trinajstić information content (AvgIpc) is 3.10. The Hall–Kier alpha value is -2.47. The van der Waals surface area contributed by atoms with Crippen molar-refractivity contribution in [1.82, 2.24) is 4.98 Å². The first kappa shape index (κ1) is 14.1. The van der Waals surface area contributed by atoms with Gasteiger partial charge in [0.15, 0.2) is 0 Å². The van der Waals surface area contributed by atoms with Crippen LogP contribution >= 0.6 is 11.3 Å². The Morgan fingerprint density at radius 1 is 1.30 bits per heavy atom. The minimum absolute atomic E-state index is 0.00647. The van der Waals surface area contributed by atoms with E-state index in [9.17, 15) is 9.50 Å². The molecule has 6 heteroatoms. The van der Waals surface area contributed by atoms with Gasteiger partial charge in [-0.05, 0) is 36.6 Å². The lowest BCUT2D eigenvalue weighted by atomic mass is 10.0. The Labute approximate surface area is 136 Å². The molecule has 1 heterocycles. The average molecular weight is 327 g/mol. The summed E-state index contributed by atoms with van der Waals surface area (Å²) in [6.45, 7) is 1.93. The van der Waals surface area contributed by atoms with E-state index in [2.05, 4.69) is 15.5 Å². The second kappa shape index (κ2) is 5.31. The van der Waals surface area contributed by atoms with Crippen LogP contribution in [0.3, 0.4) is 0 Å². The van der Waals surface area contributed by atoms with Gasteiger partial charge in [-0.15, -0.1) is 0 Å². The monoisotopic (exact) mass is 327 g/mol. The highest BCUT2D eigenvalue weighted by Gasteiger charge is 2.30. The van der Waals surface area contributed by atoms with E-state index in [0.29, 0.717) is 28.4 Å². The number of benzene rings is 2. The van der Waals surface area contributed by atoms with E-state index >= 15 is 0 Å². The van der Waals surface area contributed by atoms with Gasteiger partial charge in [-0.1, -0.05) is 30.4 Å². The first-order valence-electron chi connectivity index (χ1n) is 7.33. The fourth-order valence-corrected chi connectivity index (χ4v) is 3.81. The van der Waals surface area contributed by atoms with Crippen LogP contribution < -0.4 is 5.43 Å². The van der Waals surface area contributed by atoms with E-state index in [1.165, 1.54) is 23.5 Å². The molecule has 0 unspecified atom stereocenters. The number of halogens is 1. The number of anilines is 1. The minimum atomic E-state index is -0.296. The van der Waals surface area contributed by atoms with Crippen molar-refractivity contribution in [2.45, 2.75) is 19.3 Å². The molecule has 2 N–H and O–H groups in total. The molecule has 0 saturated carbocycles. The van der Waals surface area contributed by atoms with Gasteiger partial charge in [0.25, 0.3) is 0 Å². The molecule has 23 heavy (non-hydrogen) atoms. The van der Waals surface area contributed by atoms with Gasteiger partial charge in [-0.25, -0.2) is 9.37 Å². The van der Waals surface area contributed by atoms with Crippen LogP contribution in [0.1, 0.15) is 30.4 Å². The van der Waals surface area contributed by atoms with E-state index in [-0.39, 0.29) is 17.5 Å². The zero-order chi connectivity index (χ0) is 16.0. The lowest BCUT2D eigenvalue weighted by molar-refractivity contribution is 0.470. The fraction of sp³-hybridized carbons (Fsp3) is 0.176. The van der Waals surface area contributed by atoms with Gasteiger partial charge in [-0.3, -0.25) is 5.43 Å². The fourth-order valence-electron chi connectivity index (χ4n) is 3.00. The van der Waals surface area contributed by atoms with Crippen LogP contribution in [-0.4, -0.2) is 15.8 Å². The smallest absolute Gasteiger partial charge is 0.204 e. The number of hydrogen-bond acceptors (Lipinski definition) is 5. The largest absolute Gasteiger partial charge is 0.507 e. The number of thiazole rings is 1. The zero-order valence-electron chi connectivity index (χ0n) is 12.4. The Kier molecular flexibility index (Phi) is 3.27. The molecule has 0 spiro atoms. The van der Waals surface area contributed by atoms with E-state index in [0.717, 1.165) is 10.2 Å². The molecular formula is C17H14FN3OS. The molecule has 4 rings (SSSR count).